The van der Waals surface area contributed by atoms with E-state index in [0.717, 1.165) is 19.6 Å². The van der Waals surface area contributed by atoms with Crippen molar-refractivity contribution >= 4 is 40.1 Å². The van der Waals surface area contributed by atoms with E-state index in [1.54, 1.807) is 12.1 Å². The molecule has 1 aromatic rings. The van der Waals surface area contributed by atoms with Crippen LogP contribution in [0.15, 0.2) is 12.1 Å². The molecule has 0 radical (unpaired) electrons. The van der Waals surface area contributed by atoms with Crippen molar-refractivity contribution in [1.29, 1.82) is 0 Å². The number of nitrogens with zero attached hydrogens (tertiary/aromatic N) is 1. The van der Waals surface area contributed by atoms with Gasteiger partial charge in [-0.05, 0) is 25.2 Å². The van der Waals surface area contributed by atoms with Gasteiger partial charge in [-0.2, -0.15) is 0 Å². The number of hydrogen-bond acceptors (Lipinski definition) is 4. The van der Waals surface area contributed by atoms with Crippen LogP contribution in [0.3, 0.4) is 0 Å². The first-order valence-corrected chi connectivity index (χ1v) is 8.20. The van der Waals surface area contributed by atoms with Crippen LogP contribution >= 0.6 is 35.0 Å². The first-order chi connectivity index (χ1) is 9.54. The molecular formula is C14H19Cl2NO2S. The highest BCUT2D eigenvalue weighted by Gasteiger charge is 2.19. The minimum atomic E-state index is -0.110. The number of benzene rings is 1. The van der Waals surface area contributed by atoms with Crippen LogP contribution in [-0.2, 0) is 0 Å². The van der Waals surface area contributed by atoms with Crippen molar-refractivity contribution in [2.24, 2.45) is 0 Å². The average Bonchev–Trinajstić information content (AvgIpc) is 2.45. The van der Waals surface area contributed by atoms with Crippen LogP contribution in [0.2, 0.25) is 10.0 Å². The first kappa shape index (κ1) is 17.6. The molecule has 0 unspecified atom stereocenters. The number of rotatable bonds is 7. The molecular weight excluding hydrogens is 317 g/mol. The van der Waals surface area contributed by atoms with Crippen molar-refractivity contribution in [1.82, 2.24) is 4.90 Å². The number of thioether (sulfide) groups is 1. The molecule has 0 N–H and O–H groups in total. The first-order valence-electron chi connectivity index (χ1n) is 6.46. The molecule has 3 nitrogen and oxygen atoms in total. The van der Waals surface area contributed by atoms with E-state index in [1.165, 1.54) is 18.9 Å². The molecule has 0 aliphatic heterocycles. The number of carbonyl (C=O) groups is 1. The Morgan fingerprint density at radius 1 is 1.25 bits per heavy atom. The van der Waals surface area contributed by atoms with Crippen molar-refractivity contribution in [3.8, 4) is 5.75 Å². The zero-order chi connectivity index (χ0) is 15.1. The summed E-state index contributed by atoms with van der Waals surface area (Å²) in [7, 11) is 1.48. The van der Waals surface area contributed by atoms with Gasteiger partial charge in [0.25, 0.3) is 0 Å². The van der Waals surface area contributed by atoms with Gasteiger partial charge in [-0.15, -0.1) is 0 Å². The fourth-order valence-corrected chi connectivity index (χ4v) is 3.21. The summed E-state index contributed by atoms with van der Waals surface area (Å²) < 4.78 is 5.19. The predicted molar refractivity (Wildman–Crippen MR) is 87.6 cm³/mol. The van der Waals surface area contributed by atoms with Gasteiger partial charge in [0.1, 0.15) is 0 Å². The summed E-state index contributed by atoms with van der Waals surface area (Å²) in [6.45, 7) is 7.03. The van der Waals surface area contributed by atoms with Crippen LogP contribution < -0.4 is 4.74 Å². The van der Waals surface area contributed by atoms with E-state index in [1.807, 2.05) is 0 Å². The monoisotopic (exact) mass is 335 g/mol. The highest BCUT2D eigenvalue weighted by molar-refractivity contribution is 8.14. The van der Waals surface area contributed by atoms with Crippen molar-refractivity contribution < 1.29 is 9.53 Å². The van der Waals surface area contributed by atoms with E-state index >= 15 is 0 Å². The van der Waals surface area contributed by atoms with Gasteiger partial charge in [0.05, 0.1) is 22.7 Å². The second-order valence-electron chi connectivity index (χ2n) is 4.10. The smallest absolute Gasteiger partial charge is 0.224 e. The average molecular weight is 336 g/mol. The van der Waals surface area contributed by atoms with Gasteiger partial charge in [-0.25, -0.2) is 0 Å². The van der Waals surface area contributed by atoms with E-state index in [2.05, 4.69) is 18.7 Å². The van der Waals surface area contributed by atoms with Crippen LogP contribution in [0.5, 0.6) is 5.75 Å². The lowest BCUT2D eigenvalue weighted by atomic mass is 10.2. The molecule has 0 aliphatic carbocycles. The number of carbonyl (C=O) groups excluding carboxylic acids is 1. The second kappa shape index (κ2) is 8.78. The Labute approximate surface area is 134 Å². The van der Waals surface area contributed by atoms with Crippen molar-refractivity contribution in [2.45, 2.75) is 13.8 Å². The molecule has 0 saturated heterocycles. The molecule has 0 bridgehead atoms. The quantitative estimate of drug-likeness (QED) is 0.746. The molecule has 0 fully saturated rings. The molecule has 0 atom stereocenters. The summed E-state index contributed by atoms with van der Waals surface area (Å²) >= 11 is 13.3. The topological polar surface area (TPSA) is 29.5 Å². The Kier molecular flexibility index (Phi) is 7.74. The third kappa shape index (κ3) is 4.55. The second-order valence-corrected chi connectivity index (χ2v) is 5.98. The summed E-state index contributed by atoms with van der Waals surface area (Å²) in [5, 5.41) is 0.651. The van der Waals surface area contributed by atoms with E-state index in [4.69, 9.17) is 27.9 Å². The Morgan fingerprint density at radius 3 is 2.40 bits per heavy atom. The molecule has 0 aliphatic rings. The Balaban J connectivity index is 2.75. The zero-order valence-corrected chi connectivity index (χ0v) is 14.2. The van der Waals surface area contributed by atoms with E-state index in [0.29, 0.717) is 27.1 Å². The number of hydrogen-bond donors (Lipinski definition) is 0. The normalized spacial score (nSPS) is 10.9. The van der Waals surface area contributed by atoms with Crippen LogP contribution in [0.25, 0.3) is 0 Å². The maximum absolute atomic E-state index is 12.3. The highest BCUT2D eigenvalue weighted by Crippen LogP contribution is 2.36. The lowest BCUT2D eigenvalue weighted by Gasteiger charge is -2.17. The molecule has 1 rings (SSSR count). The number of ether oxygens (including phenoxy) is 1. The van der Waals surface area contributed by atoms with Crippen LogP contribution in [0.1, 0.15) is 24.2 Å². The summed E-state index contributed by atoms with van der Waals surface area (Å²) in [6.07, 6.45) is 0. The molecule has 112 valence electrons. The van der Waals surface area contributed by atoms with Gasteiger partial charge < -0.3 is 9.64 Å². The fraction of sp³-hybridized carbons (Fsp3) is 0.500. The van der Waals surface area contributed by atoms with Crippen molar-refractivity contribution in [2.75, 3.05) is 32.5 Å². The summed E-state index contributed by atoms with van der Waals surface area (Å²) in [5.74, 6) is 1.06. The molecule has 0 amide bonds. The third-order valence-electron chi connectivity index (χ3n) is 3.00. The van der Waals surface area contributed by atoms with Gasteiger partial charge in [0.2, 0.25) is 5.12 Å². The molecule has 0 spiro atoms. The lowest BCUT2D eigenvalue weighted by Crippen LogP contribution is -2.25. The minimum absolute atomic E-state index is 0.110. The Bertz CT molecular complexity index is 465. The van der Waals surface area contributed by atoms with Gasteiger partial charge in [-0.1, -0.05) is 48.8 Å². The fourth-order valence-electron chi connectivity index (χ4n) is 1.80. The Hall–Kier alpha value is -0.420. The molecule has 20 heavy (non-hydrogen) atoms. The van der Waals surface area contributed by atoms with Crippen LogP contribution in [0, 0.1) is 0 Å². The zero-order valence-electron chi connectivity index (χ0n) is 11.9. The maximum atomic E-state index is 12.3. The Morgan fingerprint density at radius 2 is 1.85 bits per heavy atom. The summed E-state index contributed by atoms with van der Waals surface area (Å²) in [6, 6.07) is 3.24. The molecule has 0 heterocycles. The molecule has 1 aromatic carbocycles. The molecule has 0 aromatic heterocycles. The standard InChI is InChI=1S/C14H19Cl2NO2S/c1-4-17(5-2)8-9-20-14(18)12-10(15)6-7-11(16)13(12)19-3/h6-7H,4-5,8-9H2,1-3H3. The predicted octanol–water partition coefficient (Wildman–Crippen LogP) is 4.22. The molecule has 0 saturated carbocycles. The SMILES string of the molecule is CCN(CC)CCSC(=O)c1c(Cl)ccc(Cl)c1OC. The summed E-state index contributed by atoms with van der Waals surface area (Å²) in [4.78, 5) is 14.5. The van der Waals surface area contributed by atoms with Gasteiger partial charge in [-0.3, -0.25) is 4.79 Å². The van der Waals surface area contributed by atoms with Gasteiger partial charge in [0.15, 0.2) is 5.75 Å². The highest BCUT2D eigenvalue weighted by atomic mass is 35.5. The minimum Gasteiger partial charge on any atom is -0.494 e. The van der Waals surface area contributed by atoms with E-state index in [9.17, 15) is 4.79 Å². The third-order valence-corrected chi connectivity index (χ3v) is 4.47. The van der Waals surface area contributed by atoms with Crippen LogP contribution in [-0.4, -0.2) is 42.5 Å². The number of methoxy groups -OCH3 is 1. The van der Waals surface area contributed by atoms with Gasteiger partial charge in [0, 0.05) is 12.3 Å². The van der Waals surface area contributed by atoms with E-state index < -0.39 is 0 Å². The van der Waals surface area contributed by atoms with E-state index in [-0.39, 0.29) is 5.12 Å². The maximum Gasteiger partial charge on any atom is 0.224 e. The lowest BCUT2D eigenvalue weighted by molar-refractivity contribution is 0.108. The van der Waals surface area contributed by atoms with Crippen molar-refractivity contribution in [3.63, 3.8) is 0 Å². The number of halogens is 2. The van der Waals surface area contributed by atoms with Gasteiger partial charge >= 0.3 is 0 Å². The van der Waals surface area contributed by atoms with Crippen molar-refractivity contribution in [3.05, 3.63) is 27.7 Å². The largest absolute Gasteiger partial charge is 0.494 e. The molecule has 6 heteroatoms. The summed E-state index contributed by atoms with van der Waals surface area (Å²) in [5.41, 5.74) is 0.353. The van der Waals surface area contributed by atoms with Crippen LogP contribution in [0.4, 0.5) is 0 Å².